The molecule has 1 aliphatic rings. The summed E-state index contributed by atoms with van der Waals surface area (Å²) >= 11 is 1.25. The third-order valence-corrected chi connectivity index (χ3v) is 4.52. The number of fused-ring (bicyclic) bond motifs is 1. The Kier molecular flexibility index (Phi) is 4.25. The summed E-state index contributed by atoms with van der Waals surface area (Å²) in [6, 6.07) is 5.44. The first-order valence-electron chi connectivity index (χ1n) is 7.16. The number of rotatable bonds is 4. The van der Waals surface area contributed by atoms with E-state index in [1.165, 1.54) is 27.7 Å². The number of halogens is 1. The molecule has 23 heavy (non-hydrogen) atoms. The van der Waals surface area contributed by atoms with Crippen LogP contribution in [-0.2, 0) is 22.6 Å². The maximum Gasteiger partial charge on any atom is 0.250 e. The van der Waals surface area contributed by atoms with E-state index in [0.29, 0.717) is 29.8 Å². The van der Waals surface area contributed by atoms with Crippen molar-refractivity contribution in [2.75, 3.05) is 10.2 Å². The van der Waals surface area contributed by atoms with Gasteiger partial charge in [0.05, 0.1) is 6.54 Å². The van der Waals surface area contributed by atoms with Crippen molar-refractivity contribution >= 4 is 34.5 Å². The Balaban J connectivity index is 1.95. The van der Waals surface area contributed by atoms with Gasteiger partial charge in [0.15, 0.2) is 0 Å². The molecule has 1 N–H and O–H groups in total. The average Bonchev–Trinajstić information content (AvgIpc) is 2.96. The van der Waals surface area contributed by atoms with Gasteiger partial charge in [-0.3, -0.25) is 9.59 Å². The van der Waals surface area contributed by atoms with Gasteiger partial charge in [0, 0.05) is 28.7 Å². The lowest BCUT2D eigenvalue weighted by molar-refractivity contribution is -0.116. The molecule has 0 unspecified atom stereocenters. The fourth-order valence-corrected chi connectivity index (χ4v) is 3.22. The molecule has 0 spiro atoms. The van der Waals surface area contributed by atoms with Crippen LogP contribution in [0, 0.1) is 5.82 Å². The number of amides is 2. The average molecular weight is 330 g/mol. The summed E-state index contributed by atoms with van der Waals surface area (Å²) in [6.07, 6.45) is 2.33. The van der Waals surface area contributed by atoms with Gasteiger partial charge < -0.3 is 10.2 Å². The maximum atomic E-state index is 13.7. The van der Waals surface area contributed by atoms with Crippen LogP contribution in [-0.4, -0.2) is 11.8 Å². The first-order valence-corrected chi connectivity index (χ1v) is 8.10. The van der Waals surface area contributed by atoms with E-state index in [9.17, 15) is 14.0 Å². The van der Waals surface area contributed by atoms with Crippen molar-refractivity contribution in [3.63, 3.8) is 0 Å². The van der Waals surface area contributed by atoms with Crippen LogP contribution in [0.15, 0.2) is 41.6 Å². The first kappa shape index (κ1) is 15.4. The minimum Gasteiger partial charge on any atom is -0.326 e. The number of nitrogens with one attached hydrogen (secondary N) is 1. The smallest absolute Gasteiger partial charge is 0.250 e. The molecule has 0 saturated heterocycles. The summed E-state index contributed by atoms with van der Waals surface area (Å²) < 4.78 is 13.7. The Morgan fingerprint density at radius 1 is 1.39 bits per heavy atom. The van der Waals surface area contributed by atoms with E-state index in [-0.39, 0.29) is 24.2 Å². The molecule has 6 heteroatoms. The van der Waals surface area contributed by atoms with Crippen molar-refractivity contribution in [1.29, 1.82) is 0 Å². The molecule has 4 nitrogen and oxygen atoms in total. The fourth-order valence-electron chi connectivity index (χ4n) is 2.53. The van der Waals surface area contributed by atoms with Crippen LogP contribution in [0.5, 0.6) is 0 Å². The van der Waals surface area contributed by atoms with Gasteiger partial charge in [-0.2, -0.15) is 0 Å². The van der Waals surface area contributed by atoms with E-state index in [1.54, 1.807) is 11.4 Å². The normalized spacial score (nSPS) is 13.2. The Morgan fingerprint density at radius 2 is 2.22 bits per heavy atom. The summed E-state index contributed by atoms with van der Waals surface area (Å²) in [7, 11) is 0. The number of carbonyl (C=O) groups is 2. The molecule has 0 saturated carbocycles. The second-order valence-corrected chi connectivity index (χ2v) is 6.01. The predicted molar refractivity (Wildman–Crippen MR) is 89.1 cm³/mol. The molecule has 0 fully saturated rings. The number of benzene rings is 1. The van der Waals surface area contributed by atoms with Gasteiger partial charge in [0.1, 0.15) is 5.82 Å². The number of nitrogens with zero attached hydrogens (tertiary/aromatic N) is 1. The molecule has 1 aromatic carbocycles. The fraction of sp³-hybridized carbons (Fsp3) is 0.176. The molecule has 2 amide bonds. The highest BCUT2D eigenvalue weighted by Gasteiger charge is 2.20. The van der Waals surface area contributed by atoms with Crippen molar-refractivity contribution in [2.24, 2.45) is 0 Å². The number of anilines is 2. The van der Waals surface area contributed by atoms with E-state index in [1.807, 2.05) is 12.1 Å². The van der Waals surface area contributed by atoms with Crippen molar-refractivity contribution in [1.82, 2.24) is 0 Å². The highest BCUT2D eigenvalue weighted by Crippen LogP contribution is 2.29. The molecule has 1 aliphatic heterocycles. The highest BCUT2D eigenvalue weighted by molar-refractivity contribution is 7.08. The van der Waals surface area contributed by atoms with Crippen molar-refractivity contribution in [2.45, 2.75) is 19.4 Å². The minimum absolute atomic E-state index is 0.0415. The summed E-state index contributed by atoms with van der Waals surface area (Å²) in [4.78, 5) is 25.2. The lowest BCUT2D eigenvalue weighted by Crippen LogP contribution is -2.29. The zero-order valence-corrected chi connectivity index (χ0v) is 13.2. The molecule has 2 aromatic rings. The Hall–Kier alpha value is -2.47. The summed E-state index contributed by atoms with van der Waals surface area (Å²) in [5.41, 5.74) is 2.78. The molecule has 0 bridgehead atoms. The van der Waals surface area contributed by atoms with Crippen LogP contribution in [0.1, 0.15) is 17.5 Å². The third kappa shape index (κ3) is 3.17. The van der Waals surface area contributed by atoms with E-state index in [0.717, 1.165) is 5.56 Å². The zero-order chi connectivity index (χ0) is 16.4. The molecule has 0 atom stereocenters. The Morgan fingerprint density at radius 3 is 2.91 bits per heavy atom. The SMILES string of the molecule is C=CC(=O)N(Cc1cscc1F)c1ccc2c(c1)NC(=O)CC2. The molecular formula is C17H15FN2O2S. The Labute approximate surface area is 137 Å². The largest absolute Gasteiger partial charge is 0.326 e. The first-order chi connectivity index (χ1) is 11.1. The van der Waals surface area contributed by atoms with Crippen molar-refractivity contribution < 1.29 is 14.0 Å². The van der Waals surface area contributed by atoms with Gasteiger partial charge in [0.2, 0.25) is 5.91 Å². The van der Waals surface area contributed by atoms with Crippen LogP contribution in [0.25, 0.3) is 0 Å². The van der Waals surface area contributed by atoms with Crippen LogP contribution in [0.3, 0.4) is 0 Å². The lowest BCUT2D eigenvalue weighted by Gasteiger charge is -2.24. The maximum absolute atomic E-state index is 13.7. The quantitative estimate of drug-likeness (QED) is 0.873. The Bertz CT molecular complexity index is 785. The monoisotopic (exact) mass is 330 g/mol. The predicted octanol–water partition coefficient (Wildman–Crippen LogP) is 3.49. The molecule has 0 radical (unpaired) electrons. The molecule has 118 valence electrons. The second-order valence-electron chi connectivity index (χ2n) is 5.26. The number of thiophene rings is 1. The number of hydrogen-bond acceptors (Lipinski definition) is 3. The standard InChI is InChI=1S/C17H15FN2O2S/c1-2-17(22)20(8-12-9-23-10-14(12)18)13-5-3-11-4-6-16(21)19-15(11)7-13/h2-3,5,7,9-10H,1,4,6,8H2,(H,19,21). The van der Waals surface area contributed by atoms with E-state index in [4.69, 9.17) is 0 Å². The molecule has 3 rings (SSSR count). The van der Waals surface area contributed by atoms with Crippen LogP contribution < -0.4 is 10.2 Å². The van der Waals surface area contributed by atoms with Gasteiger partial charge in [-0.1, -0.05) is 12.6 Å². The zero-order valence-electron chi connectivity index (χ0n) is 12.3. The van der Waals surface area contributed by atoms with Gasteiger partial charge in [-0.25, -0.2) is 4.39 Å². The van der Waals surface area contributed by atoms with E-state index in [2.05, 4.69) is 11.9 Å². The van der Waals surface area contributed by atoms with Crippen molar-refractivity contribution in [3.05, 3.63) is 58.6 Å². The van der Waals surface area contributed by atoms with E-state index >= 15 is 0 Å². The topological polar surface area (TPSA) is 49.4 Å². The van der Waals surface area contributed by atoms with Gasteiger partial charge >= 0.3 is 0 Å². The number of aryl methyl sites for hydroxylation is 1. The molecular weight excluding hydrogens is 315 g/mol. The molecule has 1 aromatic heterocycles. The number of hydrogen-bond donors (Lipinski definition) is 1. The van der Waals surface area contributed by atoms with Crippen LogP contribution >= 0.6 is 11.3 Å². The summed E-state index contributed by atoms with van der Waals surface area (Å²) in [6.45, 7) is 3.62. The summed E-state index contributed by atoms with van der Waals surface area (Å²) in [5, 5.41) is 5.89. The van der Waals surface area contributed by atoms with E-state index < -0.39 is 0 Å². The molecule has 0 aliphatic carbocycles. The van der Waals surface area contributed by atoms with Gasteiger partial charge in [-0.15, -0.1) is 11.3 Å². The highest BCUT2D eigenvalue weighted by atomic mass is 32.1. The molecule has 2 heterocycles. The van der Waals surface area contributed by atoms with Gasteiger partial charge in [0.25, 0.3) is 5.91 Å². The lowest BCUT2D eigenvalue weighted by atomic mass is 10.0. The third-order valence-electron chi connectivity index (χ3n) is 3.76. The second kappa shape index (κ2) is 6.34. The number of carbonyl (C=O) groups excluding carboxylic acids is 2. The van der Waals surface area contributed by atoms with Gasteiger partial charge in [-0.05, 0) is 35.6 Å². The summed E-state index contributed by atoms with van der Waals surface area (Å²) in [5.74, 6) is -0.694. The van der Waals surface area contributed by atoms with Crippen molar-refractivity contribution in [3.8, 4) is 0 Å². The minimum atomic E-state index is -0.330. The van der Waals surface area contributed by atoms with Crippen LogP contribution in [0.4, 0.5) is 15.8 Å². The van der Waals surface area contributed by atoms with Crippen LogP contribution in [0.2, 0.25) is 0 Å².